The second-order valence-corrected chi connectivity index (χ2v) is 2.42. The van der Waals surface area contributed by atoms with Gasteiger partial charge in [-0.2, -0.15) is 0 Å². The molecule has 1 aromatic heterocycles. The average Bonchev–Trinajstić information content (AvgIpc) is 2.50. The van der Waals surface area contributed by atoms with Crippen LogP contribution in [0.3, 0.4) is 0 Å². The Hall–Kier alpha value is -0.800. The van der Waals surface area contributed by atoms with E-state index in [4.69, 9.17) is 5.11 Å². The van der Waals surface area contributed by atoms with Crippen molar-refractivity contribution in [2.75, 3.05) is 19.7 Å². The Morgan fingerprint density at radius 3 is 3.00 bits per heavy atom. The maximum Gasteiger partial charge on any atom is 0.0555 e. The number of aliphatic hydroxyl groups is 1. The molecule has 0 saturated heterocycles. The average molecular weight is 154 g/mol. The second-order valence-electron chi connectivity index (χ2n) is 2.42. The summed E-state index contributed by atoms with van der Waals surface area (Å²) in [7, 11) is 0. The zero-order chi connectivity index (χ0) is 7.94. The molecule has 0 radical (unpaired) electrons. The lowest BCUT2D eigenvalue weighted by Crippen LogP contribution is -2.20. The first-order valence-electron chi connectivity index (χ1n) is 3.87. The van der Waals surface area contributed by atoms with Crippen molar-refractivity contribution in [1.29, 1.82) is 0 Å². The molecular weight excluding hydrogens is 140 g/mol. The highest BCUT2D eigenvalue weighted by atomic mass is 16.3. The molecule has 11 heavy (non-hydrogen) atoms. The summed E-state index contributed by atoms with van der Waals surface area (Å²) in [6.07, 6.45) is 2.91. The number of rotatable bonds is 5. The fraction of sp³-hybridized carbons (Fsp3) is 0.500. The van der Waals surface area contributed by atoms with Gasteiger partial charge in [0.25, 0.3) is 0 Å². The van der Waals surface area contributed by atoms with Crippen LogP contribution in [-0.4, -0.2) is 29.8 Å². The van der Waals surface area contributed by atoms with Crippen molar-refractivity contribution < 1.29 is 5.11 Å². The lowest BCUT2D eigenvalue weighted by Gasteiger charge is -1.99. The Morgan fingerprint density at radius 2 is 2.36 bits per heavy atom. The van der Waals surface area contributed by atoms with E-state index in [0.717, 1.165) is 13.0 Å². The minimum absolute atomic E-state index is 0.213. The van der Waals surface area contributed by atoms with Crippen LogP contribution in [0.15, 0.2) is 18.3 Å². The van der Waals surface area contributed by atoms with Crippen LogP contribution in [0.1, 0.15) is 5.69 Å². The van der Waals surface area contributed by atoms with Crippen LogP contribution in [0.5, 0.6) is 0 Å². The van der Waals surface area contributed by atoms with Gasteiger partial charge in [-0.15, -0.1) is 0 Å². The Kier molecular flexibility index (Phi) is 3.72. The van der Waals surface area contributed by atoms with E-state index in [1.165, 1.54) is 5.69 Å². The number of aromatic amines is 1. The molecule has 0 aliphatic carbocycles. The SMILES string of the molecule is OCCNCCc1ccc[nH]1. The molecular formula is C8H14N2O. The van der Waals surface area contributed by atoms with E-state index >= 15 is 0 Å². The molecule has 0 unspecified atom stereocenters. The Balaban J connectivity index is 2.04. The fourth-order valence-corrected chi connectivity index (χ4v) is 0.950. The van der Waals surface area contributed by atoms with Crippen LogP contribution in [0.2, 0.25) is 0 Å². The van der Waals surface area contributed by atoms with Gasteiger partial charge in [-0.1, -0.05) is 0 Å². The van der Waals surface area contributed by atoms with E-state index in [0.29, 0.717) is 6.54 Å². The Morgan fingerprint density at radius 1 is 1.45 bits per heavy atom. The minimum atomic E-state index is 0.213. The van der Waals surface area contributed by atoms with Gasteiger partial charge in [-0.05, 0) is 18.6 Å². The summed E-state index contributed by atoms with van der Waals surface area (Å²) in [4.78, 5) is 3.11. The third kappa shape index (κ3) is 3.20. The summed E-state index contributed by atoms with van der Waals surface area (Å²) in [6, 6.07) is 4.04. The van der Waals surface area contributed by atoms with E-state index < -0.39 is 0 Å². The number of H-pyrrole nitrogens is 1. The van der Waals surface area contributed by atoms with Crippen molar-refractivity contribution in [3.8, 4) is 0 Å². The van der Waals surface area contributed by atoms with Gasteiger partial charge in [0.05, 0.1) is 6.61 Å². The lowest BCUT2D eigenvalue weighted by atomic mass is 10.3. The molecule has 0 bridgehead atoms. The quantitative estimate of drug-likeness (QED) is 0.528. The van der Waals surface area contributed by atoms with Gasteiger partial charge in [0, 0.05) is 25.0 Å². The predicted octanol–water partition coefficient (Wildman–Crippen LogP) is 0.139. The number of aromatic nitrogens is 1. The first-order chi connectivity index (χ1) is 5.43. The van der Waals surface area contributed by atoms with Crippen molar-refractivity contribution in [2.24, 2.45) is 0 Å². The number of hydrogen-bond acceptors (Lipinski definition) is 2. The van der Waals surface area contributed by atoms with Crippen LogP contribution < -0.4 is 5.32 Å². The van der Waals surface area contributed by atoms with Gasteiger partial charge in [-0.3, -0.25) is 0 Å². The summed E-state index contributed by atoms with van der Waals surface area (Å²) < 4.78 is 0. The summed E-state index contributed by atoms with van der Waals surface area (Å²) in [6.45, 7) is 1.81. The third-order valence-corrected chi connectivity index (χ3v) is 1.52. The molecule has 1 aromatic rings. The standard InChI is InChI=1S/C8H14N2O/c11-7-6-9-5-3-8-2-1-4-10-8/h1-2,4,9-11H,3,5-7H2. The third-order valence-electron chi connectivity index (χ3n) is 1.52. The highest BCUT2D eigenvalue weighted by Crippen LogP contribution is 1.93. The van der Waals surface area contributed by atoms with Crippen molar-refractivity contribution in [3.63, 3.8) is 0 Å². The molecule has 0 spiro atoms. The molecule has 0 aliphatic rings. The predicted molar refractivity (Wildman–Crippen MR) is 44.5 cm³/mol. The van der Waals surface area contributed by atoms with E-state index in [2.05, 4.69) is 16.4 Å². The maximum absolute atomic E-state index is 8.45. The fourth-order valence-electron chi connectivity index (χ4n) is 0.950. The van der Waals surface area contributed by atoms with Crippen LogP contribution in [-0.2, 0) is 6.42 Å². The zero-order valence-corrected chi connectivity index (χ0v) is 6.51. The number of aliphatic hydroxyl groups excluding tert-OH is 1. The minimum Gasteiger partial charge on any atom is -0.395 e. The number of hydrogen-bond donors (Lipinski definition) is 3. The van der Waals surface area contributed by atoms with Gasteiger partial charge < -0.3 is 15.4 Å². The highest BCUT2D eigenvalue weighted by molar-refractivity contribution is 5.03. The molecule has 0 saturated carbocycles. The highest BCUT2D eigenvalue weighted by Gasteiger charge is 1.90. The van der Waals surface area contributed by atoms with Crippen LogP contribution in [0.4, 0.5) is 0 Å². The second kappa shape index (κ2) is 4.93. The van der Waals surface area contributed by atoms with Crippen LogP contribution in [0, 0.1) is 0 Å². The molecule has 0 aromatic carbocycles. The normalized spacial score (nSPS) is 10.3. The summed E-state index contributed by atoms with van der Waals surface area (Å²) in [5, 5.41) is 11.6. The molecule has 3 nitrogen and oxygen atoms in total. The zero-order valence-electron chi connectivity index (χ0n) is 6.51. The molecule has 62 valence electrons. The Labute approximate surface area is 66.4 Å². The molecule has 1 heterocycles. The van der Waals surface area contributed by atoms with Gasteiger partial charge in [0.1, 0.15) is 0 Å². The first-order valence-corrected chi connectivity index (χ1v) is 3.87. The molecule has 1 rings (SSSR count). The van der Waals surface area contributed by atoms with Crippen LogP contribution in [0.25, 0.3) is 0 Å². The van der Waals surface area contributed by atoms with E-state index in [-0.39, 0.29) is 6.61 Å². The molecule has 3 N–H and O–H groups in total. The van der Waals surface area contributed by atoms with E-state index in [1.54, 1.807) is 0 Å². The van der Waals surface area contributed by atoms with Crippen molar-refractivity contribution in [1.82, 2.24) is 10.3 Å². The summed E-state index contributed by atoms with van der Waals surface area (Å²) in [5.74, 6) is 0. The summed E-state index contributed by atoms with van der Waals surface area (Å²) >= 11 is 0. The van der Waals surface area contributed by atoms with E-state index in [1.807, 2.05) is 12.3 Å². The molecule has 0 atom stereocenters. The molecule has 0 fully saturated rings. The maximum atomic E-state index is 8.45. The largest absolute Gasteiger partial charge is 0.395 e. The van der Waals surface area contributed by atoms with Gasteiger partial charge in [0.15, 0.2) is 0 Å². The van der Waals surface area contributed by atoms with Crippen molar-refractivity contribution in [3.05, 3.63) is 24.0 Å². The molecule has 0 aliphatic heterocycles. The Bertz CT molecular complexity index is 172. The molecule has 0 amide bonds. The monoisotopic (exact) mass is 154 g/mol. The van der Waals surface area contributed by atoms with Gasteiger partial charge >= 0.3 is 0 Å². The molecule has 3 heteroatoms. The summed E-state index contributed by atoms with van der Waals surface area (Å²) in [5.41, 5.74) is 1.23. The van der Waals surface area contributed by atoms with Gasteiger partial charge in [0.2, 0.25) is 0 Å². The smallest absolute Gasteiger partial charge is 0.0555 e. The number of nitrogens with one attached hydrogen (secondary N) is 2. The topological polar surface area (TPSA) is 48.0 Å². The van der Waals surface area contributed by atoms with Gasteiger partial charge in [-0.25, -0.2) is 0 Å². The van der Waals surface area contributed by atoms with E-state index in [9.17, 15) is 0 Å². The van der Waals surface area contributed by atoms with Crippen LogP contribution >= 0.6 is 0 Å². The van der Waals surface area contributed by atoms with Crippen molar-refractivity contribution >= 4 is 0 Å². The van der Waals surface area contributed by atoms with Crippen molar-refractivity contribution in [2.45, 2.75) is 6.42 Å². The first kappa shape index (κ1) is 8.30. The lowest BCUT2D eigenvalue weighted by molar-refractivity contribution is 0.292.